The standard InChI is InChI=1S/C33H23NS/c1-33(2)25-14-8-6-13-23(25)29-26(33)18-19-28-30(29)24-17-16-22-21-12-7-9-15-27(21)34(31(22)32(24)35-28)20-10-4-3-5-11-20/h3-19H,1-2H3. The minimum absolute atomic E-state index is 0.0113. The Labute approximate surface area is 207 Å². The molecule has 2 aromatic heterocycles. The van der Waals surface area contributed by atoms with Gasteiger partial charge in [0.05, 0.1) is 15.7 Å². The average Bonchev–Trinajstić information content (AvgIpc) is 3.51. The van der Waals surface area contributed by atoms with E-state index in [-0.39, 0.29) is 5.41 Å². The van der Waals surface area contributed by atoms with Crippen LogP contribution in [-0.2, 0) is 5.41 Å². The van der Waals surface area contributed by atoms with Crippen LogP contribution in [0.1, 0.15) is 25.0 Å². The molecular weight excluding hydrogens is 442 g/mol. The molecule has 2 heteroatoms. The van der Waals surface area contributed by atoms with Crippen molar-refractivity contribution in [2.75, 3.05) is 0 Å². The number of benzene rings is 5. The summed E-state index contributed by atoms with van der Waals surface area (Å²) in [5.74, 6) is 0. The fourth-order valence-electron chi connectivity index (χ4n) is 6.41. The first-order valence-electron chi connectivity index (χ1n) is 12.2. The largest absolute Gasteiger partial charge is 0.308 e. The average molecular weight is 466 g/mol. The minimum Gasteiger partial charge on any atom is -0.308 e. The highest BCUT2D eigenvalue weighted by atomic mass is 32.1. The van der Waals surface area contributed by atoms with Crippen molar-refractivity contribution in [3.05, 3.63) is 114 Å². The Morgan fingerprint density at radius 2 is 1.37 bits per heavy atom. The first-order chi connectivity index (χ1) is 17.1. The third-order valence-electron chi connectivity index (χ3n) is 8.00. The minimum atomic E-state index is 0.0113. The lowest BCUT2D eigenvalue weighted by Crippen LogP contribution is -2.14. The van der Waals surface area contributed by atoms with Crippen molar-refractivity contribution in [2.45, 2.75) is 19.3 Å². The number of fused-ring (bicyclic) bond motifs is 11. The van der Waals surface area contributed by atoms with E-state index in [1.165, 1.54) is 69.9 Å². The number of rotatable bonds is 1. The van der Waals surface area contributed by atoms with Crippen molar-refractivity contribution in [3.63, 3.8) is 0 Å². The Morgan fingerprint density at radius 3 is 2.26 bits per heavy atom. The van der Waals surface area contributed by atoms with Gasteiger partial charge in [-0.15, -0.1) is 11.3 Å². The molecule has 0 saturated carbocycles. The van der Waals surface area contributed by atoms with Crippen LogP contribution in [0.25, 0.3) is 58.8 Å². The highest BCUT2D eigenvalue weighted by Gasteiger charge is 2.36. The summed E-state index contributed by atoms with van der Waals surface area (Å²) in [6, 6.07) is 38.0. The Hall–Kier alpha value is -3.88. The second-order valence-corrected chi connectivity index (χ2v) is 11.2. The van der Waals surface area contributed by atoms with Gasteiger partial charge in [0.1, 0.15) is 0 Å². The first kappa shape index (κ1) is 19.4. The number of aromatic nitrogens is 1. The van der Waals surface area contributed by atoms with Gasteiger partial charge in [0, 0.05) is 37.3 Å². The smallest absolute Gasteiger partial charge is 0.0719 e. The number of hydrogen-bond acceptors (Lipinski definition) is 1. The van der Waals surface area contributed by atoms with Crippen LogP contribution in [0, 0.1) is 0 Å². The van der Waals surface area contributed by atoms with Gasteiger partial charge in [-0.2, -0.15) is 0 Å². The van der Waals surface area contributed by atoms with Crippen molar-refractivity contribution in [1.82, 2.24) is 4.57 Å². The predicted octanol–water partition coefficient (Wildman–Crippen LogP) is 9.46. The van der Waals surface area contributed by atoms with Crippen LogP contribution in [0.15, 0.2) is 103 Å². The number of nitrogens with zero attached hydrogens (tertiary/aromatic N) is 1. The second-order valence-electron chi connectivity index (χ2n) is 10.2. The Kier molecular flexibility index (Phi) is 3.67. The molecule has 2 heterocycles. The maximum atomic E-state index is 2.46. The predicted molar refractivity (Wildman–Crippen MR) is 151 cm³/mol. The lowest BCUT2D eigenvalue weighted by atomic mass is 9.82. The first-order valence-corrected chi connectivity index (χ1v) is 13.0. The summed E-state index contributed by atoms with van der Waals surface area (Å²) in [6.07, 6.45) is 0. The fourth-order valence-corrected chi connectivity index (χ4v) is 7.66. The summed E-state index contributed by atoms with van der Waals surface area (Å²) >= 11 is 1.94. The molecule has 8 rings (SSSR count). The van der Waals surface area contributed by atoms with Gasteiger partial charge < -0.3 is 4.57 Å². The van der Waals surface area contributed by atoms with Crippen LogP contribution in [0.5, 0.6) is 0 Å². The molecule has 0 atom stereocenters. The zero-order valence-corrected chi connectivity index (χ0v) is 20.5. The maximum Gasteiger partial charge on any atom is 0.0719 e. The monoisotopic (exact) mass is 465 g/mol. The van der Waals surface area contributed by atoms with Crippen LogP contribution in [0.3, 0.4) is 0 Å². The number of thiophene rings is 1. The van der Waals surface area contributed by atoms with Crippen molar-refractivity contribution < 1.29 is 0 Å². The molecule has 0 amide bonds. The van der Waals surface area contributed by atoms with Gasteiger partial charge in [0.15, 0.2) is 0 Å². The van der Waals surface area contributed by atoms with E-state index in [0.29, 0.717) is 0 Å². The van der Waals surface area contributed by atoms with Gasteiger partial charge in [0.25, 0.3) is 0 Å². The molecule has 166 valence electrons. The highest BCUT2D eigenvalue weighted by molar-refractivity contribution is 7.26. The summed E-state index contributed by atoms with van der Waals surface area (Å²) in [7, 11) is 0. The molecule has 0 spiro atoms. The molecule has 7 aromatic rings. The molecule has 0 bridgehead atoms. The molecular formula is C33H23NS. The van der Waals surface area contributed by atoms with Gasteiger partial charge in [0.2, 0.25) is 0 Å². The molecule has 1 aliphatic carbocycles. The molecule has 35 heavy (non-hydrogen) atoms. The Bertz CT molecular complexity index is 1970. The molecule has 5 aromatic carbocycles. The number of para-hydroxylation sites is 2. The van der Waals surface area contributed by atoms with E-state index < -0.39 is 0 Å². The van der Waals surface area contributed by atoms with Gasteiger partial charge in [-0.1, -0.05) is 92.7 Å². The van der Waals surface area contributed by atoms with Gasteiger partial charge >= 0.3 is 0 Å². The third kappa shape index (κ3) is 2.38. The van der Waals surface area contributed by atoms with Crippen molar-refractivity contribution >= 4 is 53.3 Å². The molecule has 0 radical (unpaired) electrons. The van der Waals surface area contributed by atoms with Crippen LogP contribution >= 0.6 is 11.3 Å². The molecule has 0 unspecified atom stereocenters. The summed E-state index contributed by atoms with van der Waals surface area (Å²) < 4.78 is 5.19. The quantitative estimate of drug-likeness (QED) is 0.227. The van der Waals surface area contributed by atoms with E-state index in [9.17, 15) is 0 Å². The van der Waals surface area contributed by atoms with Crippen LogP contribution < -0.4 is 0 Å². The lowest BCUT2D eigenvalue weighted by molar-refractivity contribution is 0.661. The van der Waals surface area contributed by atoms with Crippen LogP contribution in [0.4, 0.5) is 0 Å². The summed E-state index contributed by atoms with van der Waals surface area (Å²) in [5, 5.41) is 5.40. The molecule has 1 aliphatic rings. The summed E-state index contributed by atoms with van der Waals surface area (Å²) in [4.78, 5) is 0. The zero-order chi connectivity index (χ0) is 23.3. The SMILES string of the molecule is CC1(C)c2ccccc2-c2c1ccc1sc3c(ccc4c5ccccc5n(-c5ccccc5)c43)c21. The van der Waals surface area contributed by atoms with E-state index in [2.05, 4.69) is 122 Å². The second kappa shape index (κ2) is 6.62. The van der Waals surface area contributed by atoms with Gasteiger partial charge in [-0.3, -0.25) is 0 Å². The molecule has 0 fully saturated rings. The third-order valence-corrected chi connectivity index (χ3v) is 9.17. The molecule has 0 N–H and O–H groups in total. The lowest BCUT2D eigenvalue weighted by Gasteiger charge is -2.21. The Morgan fingerprint density at radius 1 is 0.629 bits per heavy atom. The maximum absolute atomic E-state index is 2.46. The fraction of sp³-hybridized carbons (Fsp3) is 0.0909. The van der Waals surface area contributed by atoms with E-state index in [1.807, 2.05) is 11.3 Å². The topological polar surface area (TPSA) is 4.93 Å². The highest BCUT2D eigenvalue weighted by Crippen LogP contribution is 2.54. The number of hydrogen-bond donors (Lipinski definition) is 0. The summed E-state index contributed by atoms with van der Waals surface area (Å²) in [6.45, 7) is 4.73. The molecule has 0 saturated heterocycles. The zero-order valence-electron chi connectivity index (χ0n) is 19.7. The normalized spacial score (nSPS) is 14.2. The van der Waals surface area contributed by atoms with Crippen LogP contribution in [-0.4, -0.2) is 4.57 Å². The van der Waals surface area contributed by atoms with E-state index in [1.54, 1.807) is 0 Å². The molecule has 0 aliphatic heterocycles. The van der Waals surface area contributed by atoms with E-state index in [0.717, 1.165) is 0 Å². The van der Waals surface area contributed by atoms with Crippen molar-refractivity contribution in [1.29, 1.82) is 0 Å². The summed E-state index contributed by atoms with van der Waals surface area (Å²) in [5.41, 5.74) is 9.48. The Balaban J connectivity index is 1.59. The van der Waals surface area contributed by atoms with Crippen molar-refractivity contribution in [3.8, 4) is 16.8 Å². The van der Waals surface area contributed by atoms with Crippen LogP contribution in [0.2, 0.25) is 0 Å². The van der Waals surface area contributed by atoms with Crippen molar-refractivity contribution in [2.24, 2.45) is 0 Å². The molecule has 1 nitrogen and oxygen atoms in total. The van der Waals surface area contributed by atoms with E-state index in [4.69, 9.17) is 0 Å². The van der Waals surface area contributed by atoms with E-state index >= 15 is 0 Å². The van der Waals surface area contributed by atoms with Gasteiger partial charge in [-0.25, -0.2) is 0 Å². The van der Waals surface area contributed by atoms with Gasteiger partial charge in [-0.05, 0) is 46.5 Å².